The Kier molecular flexibility index (Phi) is 3.99. The van der Waals surface area contributed by atoms with Gasteiger partial charge in [0, 0.05) is 30.9 Å². The van der Waals surface area contributed by atoms with Gasteiger partial charge in [-0.1, -0.05) is 26.0 Å². The molecule has 0 aliphatic carbocycles. The average molecular weight is 274 g/mol. The molecule has 0 aromatic heterocycles. The van der Waals surface area contributed by atoms with Gasteiger partial charge >= 0.3 is 0 Å². The summed E-state index contributed by atoms with van der Waals surface area (Å²) in [5.74, 6) is 0.588. The van der Waals surface area contributed by atoms with E-state index in [1.165, 1.54) is 23.2 Å². The molecule has 0 bridgehead atoms. The molecule has 0 saturated carbocycles. The number of hydrogen-bond acceptors (Lipinski definition) is 3. The van der Waals surface area contributed by atoms with Gasteiger partial charge in [0.15, 0.2) is 0 Å². The number of rotatable bonds is 2. The lowest BCUT2D eigenvalue weighted by atomic mass is 9.89. The molecule has 1 saturated heterocycles. The Hall–Kier alpha value is -1.06. The van der Waals surface area contributed by atoms with Crippen molar-refractivity contribution in [3.63, 3.8) is 0 Å². The molecule has 1 aromatic carbocycles. The van der Waals surface area contributed by atoms with E-state index in [4.69, 9.17) is 4.74 Å². The van der Waals surface area contributed by atoms with E-state index in [1.54, 1.807) is 0 Å². The van der Waals surface area contributed by atoms with Gasteiger partial charge in [-0.25, -0.2) is 0 Å². The van der Waals surface area contributed by atoms with Gasteiger partial charge in [0.1, 0.15) is 0 Å². The molecule has 0 amide bonds. The molecule has 3 nitrogen and oxygen atoms in total. The van der Waals surface area contributed by atoms with E-state index in [1.807, 2.05) is 0 Å². The monoisotopic (exact) mass is 274 g/mol. The molecule has 2 aliphatic heterocycles. The number of nitrogens with one attached hydrogen (secondary N) is 1. The topological polar surface area (TPSA) is 24.5 Å². The third-order valence-corrected chi connectivity index (χ3v) is 4.57. The molecule has 2 unspecified atom stereocenters. The number of fused-ring (bicyclic) bond motifs is 1. The Morgan fingerprint density at radius 1 is 1.25 bits per heavy atom. The van der Waals surface area contributed by atoms with Crippen LogP contribution < -0.4 is 5.32 Å². The second-order valence-corrected chi connectivity index (χ2v) is 6.45. The van der Waals surface area contributed by atoms with Crippen LogP contribution in [-0.2, 0) is 4.74 Å². The first kappa shape index (κ1) is 13.9. The van der Waals surface area contributed by atoms with Gasteiger partial charge in [0.2, 0.25) is 0 Å². The van der Waals surface area contributed by atoms with Crippen LogP contribution in [0.3, 0.4) is 0 Å². The summed E-state index contributed by atoms with van der Waals surface area (Å²) in [6.45, 7) is 10.7. The van der Waals surface area contributed by atoms with E-state index in [2.05, 4.69) is 49.2 Å². The summed E-state index contributed by atoms with van der Waals surface area (Å²) in [5.41, 5.74) is 4.25. The first-order chi connectivity index (χ1) is 9.65. The van der Waals surface area contributed by atoms with Crippen LogP contribution in [0, 0.1) is 0 Å². The van der Waals surface area contributed by atoms with Crippen LogP contribution in [0.4, 0.5) is 5.69 Å². The Balaban J connectivity index is 1.93. The Labute approximate surface area is 122 Å². The number of hydrogen-bond donors (Lipinski definition) is 1. The largest absolute Gasteiger partial charge is 0.382 e. The van der Waals surface area contributed by atoms with Crippen molar-refractivity contribution < 1.29 is 4.74 Å². The fourth-order valence-corrected chi connectivity index (χ4v) is 3.37. The summed E-state index contributed by atoms with van der Waals surface area (Å²) >= 11 is 0. The maximum Gasteiger partial charge on any atom is 0.0594 e. The van der Waals surface area contributed by atoms with E-state index < -0.39 is 0 Å². The van der Waals surface area contributed by atoms with Crippen LogP contribution in [-0.4, -0.2) is 37.2 Å². The quantitative estimate of drug-likeness (QED) is 0.894. The van der Waals surface area contributed by atoms with Crippen molar-refractivity contribution >= 4 is 5.69 Å². The molecule has 2 aliphatic rings. The molecule has 0 spiro atoms. The lowest BCUT2D eigenvalue weighted by molar-refractivity contribution is 0.0127. The SMILES string of the molecule is CC1CC(N2CCOCC2)c2cc(C(C)C)ccc2N1. The van der Waals surface area contributed by atoms with Gasteiger partial charge in [0.25, 0.3) is 0 Å². The predicted octanol–water partition coefficient (Wildman–Crippen LogP) is 3.39. The van der Waals surface area contributed by atoms with Crippen molar-refractivity contribution in [2.24, 2.45) is 0 Å². The van der Waals surface area contributed by atoms with Gasteiger partial charge in [-0.15, -0.1) is 0 Å². The highest BCUT2D eigenvalue weighted by Gasteiger charge is 2.30. The van der Waals surface area contributed by atoms with Crippen LogP contribution in [0.2, 0.25) is 0 Å². The zero-order valence-corrected chi connectivity index (χ0v) is 12.9. The molecule has 20 heavy (non-hydrogen) atoms. The van der Waals surface area contributed by atoms with Crippen molar-refractivity contribution in [1.29, 1.82) is 0 Å². The van der Waals surface area contributed by atoms with E-state index in [-0.39, 0.29) is 0 Å². The number of morpholine rings is 1. The van der Waals surface area contributed by atoms with Crippen molar-refractivity contribution in [3.8, 4) is 0 Å². The van der Waals surface area contributed by atoms with Gasteiger partial charge in [-0.05, 0) is 36.5 Å². The fourth-order valence-electron chi connectivity index (χ4n) is 3.37. The lowest BCUT2D eigenvalue weighted by Gasteiger charge is -2.40. The third-order valence-electron chi connectivity index (χ3n) is 4.57. The van der Waals surface area contributed by atoms with Crippen molar-refractivity contribution in [2.45, 2.75) is 45.2 Å². The van der Waals surface area contributed by atoms with Crippen LogP contribution in [0.25, 0.3) is 0 Å². The molecule has 2 atom stereocenters. The predicted molar refractivity (Wildman–Crippen MR) is 83.4 cm³/mol. The maximum absolute atomic E-state index is 5.51. The number of anilines is 1. The van der Waals surface area contributed by atoms with Crippen LogP contribution in [0.5, 0.6) is 0 Å². The second-order valence-electron chi connectivity index (χ2n) is 6.45. The zero-order chi connectivity index (χ0) is 14.1. The van der Waals surface area contributed by atoms with Crippen LogP contribution in [0.1, 0.15) is 50.3 Å². The number of ether oxygens (including phenoxy) is 1. The molecule has 3 heteroatoms. The van der Waals surface area contributed by atoms with Gasteiger partial charge in [-0.3, -0.25) is 4.90 Å². The highest BCUT2D eigenvalue weighted by Crippen LogP contribution is 2.38. The van der Waals surface area contributed by atoms with Crippen LogP contribution in [0.15, 0.2) is 18.2 Å². The summed E-state index contributed by atoms with van der Waals surface area (Å²) in [5, 5.41) is 3.64. The summed E-state index contributed by atoms with van der Waals surface area (Å²) in [4.78, 5) is 2.60. The molecule has 3 rings (SSSR count). The summed E-state index contributed by atoms with van der Waals surface area (Å²) < 4.78 is 5.51. The molecular formula is C17H26N2O. The molecular weight excluding hydrogens is 248 g/mol. The van der Waals surface area contributed by atoms with Gasteiger partial charge in [-0.2, -0.15) is 0 Å². The fraction of sp³-hybridized carbons (Fsp3) is 0.647. The minimum absolute atomic E-state index is 0.542. The highest BCUT2D eigenvalue weighted by atomic mass is 16.5. The molecule has 2 heterocycles. The van der Waals surface area contributed by atoms with Gasteiger partial charge < -0.3 is 10.1 Å². The average Bonchev–Trinajstić information content (AvgIpc) is 2.46. The standard InChI is InChI=1S/C17H26N2O/c1-12(2)14-4-5-16-15(11-14)17(10-13(3)18-16)19-6-8-20-9-7-19/h4-5,11-13,17-18H,6-10H2,1-3H3. The van der Waals surface area contributed by atoms with Crippen molar-refractivity contribution in [2.75, 3.05) is 31.6 Å². The van der Waals surface area contributed by atoms with Crippen molar-refractivity contribution in [1.82, 2.24) is 4.90 Å². The van der Waals surface area contributed by atoms with E-state index in [0.29, 0.717) is 18.0 Å². The molecule has 1 fully saturated rings. The normalized spacial score (nSPS) is 27.2. The zero-order valence-electron chi connectivity index (χ0n) is 12.9. The highest BCUT2D eigenvalue weighted by molar-refractivity contribution is 5.57. The minimum atomic E-state index is 0.542. The lowest BCUT2D eigenvalue weighted by Crippen LogP contribution is -2.42. The van der Waals surface area contributed by atoms with E-state index in [9.17, 15) is 0 Å². The summed E-state index contributed by atoms with van der Waals surface area (Å²) in [6, 6.07) is 8.04. The second kappa shape index (κ2) is 5.74. The minimum Gasteiger partial charge on any atom is -0.382 e. The maximum atomic E-state index is 5.51. The number of nitrogens with zero attached hydrogens (tertiary/aromatic N) is 1. The Morgan fingerprint density at radius 2 is 2.00 bits per heavy atom. The summed E-state index contributed by atoms with van der Waals surface area (Å²) in [7, 11) is 0. The first-order valence-corrected chi connectivity index (χ1v) is 7.87. The molecule has 1 aromatic rings. The Bertz CT molecular complexity index is 466. The van der Waals surface area contributed by atoms with Crippen LogP contribution >= 0.6 is 0 Å². The van der Waals surface area contributed by atoms with E-state index in [0.717, 1.165) is 26.3 Å². The Morgan fingerprint density at radius 3 is 2.70 bits per heavy atom. The van der Waals surface area contributed by atoms with Crippen molar-refractivity contribution in [3.05, 3.63) is 29.3 Å². The summed E-state index contributed by atoms with van der Waals surface area (Å²) in [6.07, 6.45) is 1.19. The molecule has 0 radical (unpaired) electrons. The smallest absolute Gasteiger partial charge is 0.0594 e. The number of benzene rings is 1. The molecule has 1 N–H and O–H groups in total. The first-order valence-electron chi connectivity index (χ1n) is 7.87. The molecule has 110 valence electrons. The third kappa shape index (κ3) is 2.70. The van der Waals surface area contributed by atoms with Gasteiger partial charge in [0.05, 0.1) is 13.2 Å². The van der Waals surface area contributed by atoms with E-state index >= 15 is 0 Å².